The molecular formula is C47H61N21. The molecule has 0 aromatic carbocycles. The van der Waals surface area contributed by atoms with Gasteiger partial charge in [-0.1, -0.05) is 0 Å². The molecule has 0 unspecified atom stereocenters. The Bertz CT molecular complexity index is 2260. The molecule has 0 amide bonds. The van der Waals surface area contributed by atoms with E-state index >= 15 is 0 Å². The molecule has 0 N–H and O–H groups in total. The van der Waals surface area contributed by atoms with Gasteiger partial charge in [0, 0.05) is 55.8 Å². The fourth-order valence-corrected chi connectivity index (χ4v) is 3.82. The highest BCUT2D eigenvalue weighted by molar-refractivity contribution is 5.05. The van der Waals surface area contributed by atoms with E-state index in [2.05, 4.69) is 106 Å². The first-order valence-corrected chi connectivity index (χ1v) is 20.8. The van der Waals surface area contributed by atoms with Crippen molar-refractivity contribution in [3.8, 4) is 0 Å². The van der Waals surface area contributed by atoms with Crippen molar-refractivity contribution in [3.05, 3.63) is 198 Å². The molecule has 9 heterocycles. The van der Waals surface area contributed by atoms with Crippen molar-refractivity contribution in [2.75, 3.05) is 0 Å². The van der Waals surface area contributed by atoms with Crippen LogP contribution in [0.1, 0.15) is 80.1 Å². The summed E-state index contributed by atoms with van der Waals surface area (Å²) >= 11 is 0. The Morgan fingerprint density at radius 3 is 1.06 bits per heavy atom. The second-order valence-corrected chi connectivity index (χ2v) is 13.9. The number of aromatic nitrogens is 21. The molecule has 9 aromatic heterocycles. The molecule has 0 atom stereocenters. The van der Waals surface area contributed by atoms with Gasteiger partial charge in [-0.25, -0.2) is 34.9 Å². The van der Waals surface area contributed by atoms with Crippen LogP contribution in [0.3, 0.4) is 0 Å². The summed E-state index contributed by atoms with van der Waals surface area (Å²) in [5, 5.41) is 29.4. The average molecular weight is 920 g/mol. The van der Waals surface area contributed by atoms with E-state index in [9.17, 15) is 0 Å². The summed E-state index contributed by atoms with van der Waals surface area (Å²) < 4.78 is 0. The Morgan fingerprint density at radius 1 is 0.279 bits per heavy atom. The van der Waals surface area contributed by atoms with Crippen LogP contribution in [-0.2, 0) is 0 Å². The molecule has 0 bridgehead atoms. The molecule has 0 radical (unpaired) electrons. The molecule has 21 heteroatoms. The Morgan fingerprint density at radius 2 is 0.794 bits per heavy atom. The van der Waals surface area contributed by atoms with E-state index in [1.807, 2.05) is 120 Å². The predicted molar refractivity (Wildman–Crippen MR) is 258 cm³/mol. The van der Waals surface area contributed by atoms with Crippen molar-refractivity contribution in [1.29, 1.82) is 0 Å². The lowest BCUT2D eigenvalue weighted by atomic mass is 10.4. The van der Waals surface area contributed by atoms with E-state index in [1.54, 1.807) is 75.1 Å². The predicted octanol–water partition coefficient (Wildman–Crippen LogP) is 6.79. The zero-order chi connectivity index (χ0) is 50.4. The van der Waals surface area contributed by atoms with Gasteiger partial charge in [0.2, 0.25) is 0 Å². The van der Waals surface area contributed by atoms with E-state index in [1.165, 1.54) is 19.0 Å². The molecule has 0 fully saturated rings. The summed E-state index contributed by atoms with van der Waals surface area (Å²) in [4.78, 5) is 50.6. The minimum absolute atomic E-state index is 0.711. The van der Waals surface area contributed by atoms with Crippen molar-refractivity contribution in [2.45, 2.75) is 96.9 Å². The van der Waals surface area contributed by atoms with Gasteiger partial charge in [0.15, 0.2) is 0 Å². The molecular weight excluding hydrogens is 859 g/mol. The van der Waals surface area contributed by atoms with Crippen molar-refractivity contribution in [2.24, 2.45) is 0 Å². The average Bonchev–Trinajstić information content (AvgIpc) is 3.32. The molecule has 9 rings (SSSR count). The normalized spacial score (nSPS) is 9.03. The van der Waals surface area contributed by atoms with Crippen LogP contribution in [0.5, 0.6) is 0 Å². The highest BCUT2D eigenvalue weighted by Crippen LogP contribution is 1.94. The van der Waals surface area contributed by atoms with E-state index in [4.69, 9.17) is 0 Å². The topological polar surface area (TPSA) is 271 Å². The molecule has 68 heavy (non-hydrogen) atoms. The lowest BCUT2D eigenvalue weighted by molar-refractivity contribution is 0.907. The zero-order valence-electron chi connectivity index (χ0n) is 41.4. The first kappa shape index (κ1) is 57.5. The molecule has 0 aliphatic heterocycles. The van der Waals surface area contributed by atoms with Crippen LogP contribution in [0, 0.1) is 96.9 Å². The van der Waals surface area contributed by atoms with Gasteiger partial charge in [-0.2, -0.15) is 35.7 Å². The van der Waals surface area contributed by atoms with E-state index in [0.29, 0.717) is 5.82 Å². The molecule has 0 aliphatic rings. The maximum atomic E-state index is 4.11. The zero-order valence-corrected chi connectivity index (χ0v) is 41.4. The summed E-state index contributed by atoms with van der Waals surface area (Å²) in [7, 11) is 0. The van der Waals surface area contributed by atoms with Crippen molar-refractivity contribution < 1.29 is 0 Å². The van der Waals surface area contributed by atoms with Gasteiger partial charge in [0.25, 0.3) is 0 Å². The first-order valence-electron chi connectivity index (χ1n) is 20.8. The van der Waals surface area contributed by atoms with Crippen LogP contribution in [0.2, 0.25) is 0 Å². The first-order chi connectivity index (χ1) is 32.5. The van der Waals surface area contributed by atoms with Gasteiger partial charge in [-0.15, -0.1) is 5.10 Å². The minimum atomic E-state index is 0.711. The maximum absolute atomic E-state index is 4.11. The SMILES string of the molecule is Cc1ccc(C)nn1.Cc1cccnn1.Cc1ccnnc1.Cc1cnc(C)cn1.Cc1cncc(C)n1.Cc1nccnc1C.Cc1nccnn1.Cc1ncnc(C)n1.Cc1ncncn1. The Balaban J connectivity index is 0.000000383. The molecule has 0 aliphatic carbocycles. The maximum Gasteiger partial charge on any atom is 0.147 e. The second-order valence-electron chi connectivity index (χ2n) is 13.9. The van der Waals surface area contributed by atoms with Crippen LogP contribution >= 0.6 is 0 Å². The molecule has 0 spiro atoms. The number of hydrogen-bond acceptors (Lipinski definition) is 21. The summed E-state index contributed by atoms with van der Waals surface area (Å²) in [6.07, 6.45) is 23.1. The molecule has 0 saturated heterocycles. The van der Waals surface area contributed by atoms with Gasteiger partial charge in [0.05, 0.1) is 63.6 Å². The third kappa shape index (κ3) is 33.1. The minimum Gasteiger partial charge on any atom is -0.261 e. The van der Waals surface area contributed by atoms with Crippen molar-refractivity contribution in [1.82, 2.24) is 106 Å². The quantitative estimate of drug-likeness (QED) is 0.151. The van der Waals surface area contributed by atoms with E-state index in [-0.39, 0.29) is 0 Å². The Labute approximate surface area is 399 Å². The number of rotatable bonds is 0. The smallest absolute Gasteiger partial charge is 0.147 e. The molecule has 9 aromatic rings. The standard InChI is InChI=1S/4C6H8N2.C5H7N3.2C5H6N2.2C4H5N3/c1-5-3-8-6(2)4-7-5;1-5-3-7-4-6(2)8-5;1-5-6(2)8-4-3-7-5;1-5-3-4-6(2)8-7-5;1-4-6-3-7-5(2)8-4;1-5-2-3-6-7-4-5;1-5-3-2-4-6-7-5;1-4-6-2-5-3-7-4;1-4-5-2-3-6-7-4/h4*3-4H,1-2H3;3H,1-2H3;2*2-4H,1H3;2*2-3H,1H3. The Hall–Kier alpha value is -8.49. The van der Waals surface area contributed by atoms with Crippen LogP contribution in [0.4, 0.5) is 0 Å². The van der Waals surface area contributed by atoms with Gasteiger partial charge >= 0.3 is 0 Å². The van der Waals surface area contributed by atoms with Crippen LogP contribution in [0.15, 0.2) is 117 Å². The monoisotopic (exact) mass is 920 g/mol. The largest absolute Gasteiger partial charge is 0.261 e. The third-order valence-corrected chi connectivity index (χ3v) is 7.31. The van der Waals surface area contributed by atoms with Gasteiger partial charge in [0.1, 0.15) is 42.3 Å². The molecule has 21 nitrogen and oxygen atoms in total. The summed E-state index contributed by atoms with van der Waals surface area (Å²) in [5.74, 6) is 3.02. The number of hydrogen-bond donors (Lipinski definition) is 0. The van der Waals surface area contributed by atoms with Gasteiger partial charge in [-0.3, -0.25) is 29.9 Å². The van der Waals surface area contributed by atoms with Crippen LogP contribution in [0.25, 0.3) is 0 Å². The highest BCUT2D eigenvalue weighted by atomic mass is 15.1. The summed E-state index contributed by atoms with van der Waals surface area (Å²) in [6.45, 7) is 26.6. The van der Waals surface area contributed by atoms with E-state index in [0.717, 1.165) is 74.3 Å². The summed E-state index contributed by atoms with van der Waals surface area (Å²) in [5.41, 5.74) is 9.95. The van der Waals surface area contributed by atoms with Crippen molar-refractivity contribution in [3.63, 3.8) is 0 Å². The van der Waals surface area contributed by atoms with Gasteiger partial charge < -0.3 is 0 Å². The molecule has 354 valence electrons. The Kier molecular flexibility index (Phi) is 30.3. The fraction of sp³-hybridized carbons (Fsp3) is 0.298. The summed E-state index contributed by atoms with van der Waals surface area (Å²) in [6, 6.07) is 9.58. The number of aryl methyl sites for hydroxylation is 14. The van der Waals surface area contributed by atoms with Crippen LogP contribution in [-0.4, -0.2) is 106 Å². The lowest BCUT2D eigenvalue weighted by Crippen LogP contribution is -1.91. The third-order valence-electron chi connectivity index (χ3n) is 7.31. The van der Waals surface area contributed by atoms with Crippen LogP contribution < -0.4 is 0 Å². The second kappa shape index (κ2) is 35.8. The highest BCUT2D eigenvalue weighted by Gasteiger charge is 1.88. The van der Waals surface area contributed by atoms with E-state index < -0.39 is 0 Å². The van der Waals surface area contributed by atoms with Crippen molar-refractivity contribution >= 4 is 0 Å². The fourth-order valence-electron chi connectivity index (χ4n) is 3.82. The number of nitrogens with zero attached hydrogens (tertiary/aromatic N) is 21. The van der Waals surface area contributed by atoms with Gasteiger partial charge in [-0.05, 0) is 133 Å². The lowest BCUT2D eigenvalue weighted by Gasteiger charge is -1.91. The molecule has 0 saturated carbocycles.